The van der Waals surface area contributed by atoms with Crippen LogP contribution in [0.2, 0.25) is 0 Å². The molecule has 0 aliphatic carbocycles. The first-order chi connectivity index (χ1) is 23.0. The number of methoxy groups -OCH3 is 2. The minimum Gasteiger partial charge on any atom is -0.504 e. The zero-order valence-corrected chi connectivity index (χ0v) is 27.7. The summed E-state index contributed by atoms with van der Waals surface area (Å²) in [5.41, 5.74) is 7.82. The fourth-order valence-electron chi connectivity index (χ4n) is 7.13. The molecule has 6 atom stereocenters. The van der Waals surface area contributed by atoms with Crippen molar-refractivity contribution in [1.29, 1.82) is 0 Å². The maximum atomic E-state index is 12.2. The molecule has 2 fully saturated rings. The second kappa shape index (κ2) is 15.3. The third-order valence-corrected chi connectivity index (χ3v) is 9.64. The number of carboxylic acid groups (broad SMARTS) is 1. The smallest absolute Gasteiger partial charge is 0.303 e. The van der Waals surface area contributed by atoms with E-state index < -0.39 is 23.6 Å². The number of nitrogen functional groups attached to an aromatic ring is 1. The Morgan fingerprint density at radius 1 is 1.06 bits per heavy atom. The van der Waals surface area contributed by atoms with Crippen molar-refractivity contribution >= 4 is 11.8 Å². The molecule has 2 aromatic carbocycles. The van der Waals surface area contributed by atoms with E-state index in [1.165, 1.54) is 14.2 Å². The Morgan fingerprint density at radius 2 is 1.83 bits per heavy atom. The van der Waals surface area contributed by atoms with Gasteiger partial charge in [-0.15, -0.1) is 0 Å². The van der Waals surface area contributed by atoms with E-state index in [0.29, 0.717) is 55.7 Å². The number of aliphatic hydroxyl groups is 1. The van der Waals surface area contributed by atoms with E-state index in [1.807, 2.05) is 12.1 Å². The number of hydrogen-bond acceptors (Lipinski definition) is 11. The lowest BCUT2D eigenvalue weighted by Crippen LogP contribution is -2.57. The molecule has 0 spiro atoms. The van der Waals surface area contributed by atoms with Crippen LogP contribution in [-0.4, -0.2) is 76.5 Å². The number of piperidine rings is 1. The van der Waals surface area contributed by atoms with E-state index in [-0.39, 0.29) is 54.2 Å². The van der Waals surface area contributed by atoms with Gasteiger partial charge in [0.05, 0.1) is 39.0 Å². The summed E-state index contributed by atoms with van der Waals surface area (Å²) >= 11 is 0. The Balaban J connectivity index is 1.35. The number of nitrogens with one attached hydrogen (secondary N) is 1. The van der Waals surface area contributed by atoms with E-state index in [1.54, 1.807) is 36.5 Å². The topological polar surface area (TPSA) is 186 Å². The van der Waals surface area contributed by atoms with Crippen molar-refractivity contribution in [2.45, 2.75) is 88.7 Å². The van der Waals surface area contributed by atoms with E-state index in [9.17, 15) is 25.2 Å². The largest absolute Gasteiger partial charge is 0.504 e. The molecule has 260 valence electrons. The van der Waals surface area contributed by atoms with Crippen LogP contribution in [0.3, 0.4) is 0 Å². The molecule has 0 bridgehead atoms. The third kappa shape index (κ3) is 8.41. The first-order valence-corrected chi connectivity index (χ1v) is 16.4. The number of aromatic hydroxyl groups is 2. The molecule has 12 nitrogen and oxygen atoms in total. The van der Waals surface area contributed by atoms with Crippen molar-refractivity contribution in [3.63, 3.8) is 0 Å². The van der Waals surface area contributed by atoms with Crippen LogP contribution in [0.4, 0.5) is 5.82 Å². The molecule has 0 saturated carbocycles. The molecule has 2 aliphatic rings. The number of phenols is 2. The van der Waals surface area contributed by atoms with E-state index in [4.69, 9.17) is 24.7 Å². The number of carboxylic acids is 1. The van der Waals surface area contributed by atoms with Gasteiger partial charge in [0.25, 0.3) is 0 Å². The first kappa shape index (κ1) is 35.1. The standard InChI is InChI=1S/C36H47N3O9/c1-21-8-10-36(19-34(42)43,18-23-9-11-38-33(37)13-23)32(39-21)20-47-31-15-24(14-30(46-3)35(31)44)28-17-25(40)16-26(48-28)6-4-22-5-7-27(41)29(12-22)45-2/h5,7,9,11-15,21,25-26,28,32,39-41,44H,4,6,8,10,16-20H2,1-3H3,(H2,37,38)(H,42,43). The Bertz CT molecular complexity index is 1570. The highest BCUT2D eigenvalue weighted by molar-refractivity contribution is 5.68. The lowest BCUT2D eigenvalue weighted by Gasteiger charge is -2.46. The van der Waals surface area contributed by atoms with Gasteiger partial charge >= 0.3 is 5.97 Å². The van der Waals surface area contributed by atoms with Gasteiger partial charge in [-0.3, -0.25) is 4.79 Å². The number of aryl methyl sites for hydroxylation is 1. The van der Waals surface area contributed by atoms with Gasteiger partial charge < -0.3 is 50.4 Å². The summed E-state index contributed by atoms with van der Waals surface area (Å²) in [6.45, 7) is 2.15. The average Bonchev–Trinajstić information content (AvgIpc) is 3.05. The van der Waals surface area contributed by atoms with Crippen molar-refractivity contribution in [2.24, 2.45) is 5.41 Å². The normalized spacial score (nSPS) is 25.7. The zero-order chi connectivity index (χ0) is 34.4. The van der Waals surface area contributed by atoms with E-state index >= 15 is 0 Å². The number of anilines is 1. The van der Waals surface area contributed by atoms with Crippen LogP contribution in [0.5, 0.6) is 28.7 Å². The molecule has 2 saturated heterocycles. The number of aromatic nitrogens is 1. The van der Waals surface area contributed by atoms with Crippen molar-refractivity contribution in [2.75, 3.05) is 26.6 Å². The number of carbonyl (C=O) groups is 1. The Morgan fingerprint density at radius 3 is 2.56 bits per heavy atom. The van der Waals surface area contributed by atoms with Crippen LogP contribution in [0.1, 0.15) is 68.2 Å². The fourth-order valence-corrected chi connectivity index (χ4v) is 7.13. The van der Waals surface area contributed by atoms with Crippen molar-refractivity contribution in [3.05, 3.63) is 65.4 Å². The summed E-state index contributed by atoms with van der Waals surface area (Å²) in [7, 11) is 2.96. The fraction of sp³-hybridized carbons (Fsp3) is 0.500. The third-order valence-electron chi connectivity index (χ3n) is 9.64. The van der Waals surface area contributed by atoms with Crippen molar-refractivity contribution in [3.8, 4) is 28.7 Å². The molecule has 1 aromatic heterocycles. The molecular weight excluding hydrogens is 618 g/mol. The zero-order valence-electron chi connectivity index (χ0n) is 27.7. The predicted octanol–water partition coefficient (Wildman–Crippen LogP) is 4.53. The van der Waals surface area contributed by atoms with Gasteiger partial charge in [0, 0.05) is 30.1 Å². The van der Waals surface area contributed by atoms with Gasteiger partial charge in [0.1, 0.15) is 12.4 Å². The SMILES string of the molecule is COc1cc(CCC2CC(O)CC(c3cc(OC)c(O)c(OCC4NC(C)CCC4(CC(=O)O)Cc4ccnc(N)c4)c3)O2)ccc1O. The molecule has 3 aromatic rings. The van der Waals surface area contributed by atoms with Gasteiger partial charge in [0.2, 0.25) is 5.75 Å². The summed E-state index contributed by atoms with van der Waals surface area (Å²) < 4.78 is 23.5. The average molecular weight is 666 g/mol. The lowest BCUT2D eigenvalue weighted by atomic mass is 9.67. The highest BCUT2D eigenvalue weighted by Gasteiger charge is 2.45. The number of hydrogen-bond donors (Lipinski definition) is 6. The number of rotatable bonds is 13. The number of benzene rings is 2. The second-order valence-corrected chi connectivity index (χ2v) is 13.2. The quantitative estimate of drug-likeness (QED) is 0.150. The van der Waals surface area contributed by atoms with Gasteiger partial charge in [-0.25, -0.2) is 4.98 Å². The van der Waals surface area contributed by atoms with Crippen molar-refractivity contribution < 1.29 is 44.2 Å². The highest BCUT2D eigenvalue weighted by atomic mass is 16.5. The van der Waals surface area contributed by atoms with Crippen LogP contribution in [0.25, 0.3) is 0 Å². The molecule has 48 heavy (non-hydrogen) atoms. The van der Waals surface area contributed by atoms with Crippen LogP contribution in [0, 0.1) is 5.41 Å². The molecule has 6 unspecified atom stereocenters. The first-order valence-electron chi connectivity index (χ1n) is 16.4. The number of nitrogens with two attached hydrogens (primary N) is 1. The molecule has 3 heterocycles. The summed E-state index contributed by atoms with van der Waals surface area (Å²) in [4.78, 5) is 16.3. The summed E-state index contributed by atoms with van der Waals surface area (Å²) in [5.74, 6) is 0.145. The number of nitrogens with zero attached hydrogens (tertiary/aromatic N) is 1. The molecule has 0 amide bonds. The molecule has 0 radical (unpaired) electrons. The molecule has 5 rings (SSSR count). The van der Waals surface area contributed by atoms with Crippen molar-refractivity contribution in [1.82, 2.24) is 10.3 Å². The van der Waals surface area contributed by atoms with Gasteiger partial charge in [0.15, 0.2) is 23.0 Å². The maximum Gasteiger partial charge on any atom is 0.303 e. The second-order valence-electron chi connectivity index (χ2n) is 13.2. The number of ether oxygens (including phenoxy) is 4. The minimum absolute atomic E-state index is 0.0743. The molecule has 2 aliphatic heterocycles. The van der Waals surface area contributed by atoms with Gasteiger partial charge in [-0.2, -0.15) is 0 Å². The van der Waals surface area contributed by atoms with E-state index in [0.717, 1.165) is 17.5 Å². The van der Waals surface area contributed by atoms with Crippen LogP contribution in [0.15, 0.2) is 48.7 Å². The highest BCUT2D eigenvalue weighted by Crippen LogP contribution is 2.45. The number of aliphatic hydroxyl groups excluding tert-OH is 1. The molecule has 12 heteroatoms. The number of aliphatic carboxylic acids is 1. The summed E-state index contributed by atoms with van der Waals surface area (Å²) in [5, 5.41) is 45.4. The van der Waals surface area contributed by atoms with E-state index in [2.05, 4.69) is 17.2 Å². The maximum absolute atomic E-state index is 12.2. The molecule has 7 N–H and O–H groups in total. The Labute approximate surface area is 280 Å². The lowest BCUT2D eigenvalue weighted by molar-refractivity contribution is -0.141. The van der Waals surface area contributed by atoms with Gasteiger partial charge in [-0.05, 0) is 98.5 Å². The minimum atomic E-state index is -0.906. The predicted molar refractivity (Wildman–Crippen MR) is 179 cm³/mol. The summed E-state index contributed by atoms with van der Waals surface area (Å²) in [6.07, 6.45) is 4.26. The van der Waals surface area contributed by atoms with Crippen LogP contribution >= 0.6 is 0 Å². The number of phenolic OH excluding ortho intramolecular Hbond substituents is 2. The molecular formula is C36H47N3O9. The van der Waals surface area contributed by atoms with Crippen LogP contribution in [-0.2, 0) is 22.4 Å². The van der Waals surface area contributed by atoms with Crippen LogP contribution < -0.4 is 25.3 Å². The Kier molecular flexibility index (Phi) is 11.2. The summed E-state index contributed by atoms with van der Waals surface area (Å²) in [6, 6.07) is 12.0. The monoisotopic (exact) mass is 665 g/mol. The Hall–Kier alpha value is -4.26. The number of pyridine rings is 1. The van der Waals surface area contributed by atoms with Gasteiger partial charge in [-0.1, -0.05) is 6.07 Å².